The third kappa shape index (κ3) is 5.81. The number of hydrogen-bond acceptors (Lipinski definition) is 4. The van der Waals surface area contributed by atoms with Gasteiger partial charge in [-0.25, -0.2) is 4.79 Å². The topological polar surface area (TPSA) is 81.5 Å². The number of ether oxygens (including phenoxy) is 1. The third-order valence-electron chi connectivity index (χ3n) is 2.92. The Morgan fingerprint density at radius 1 is 1.58 bits per heavy atom. The zero-order valence-corrected chi connectivity index (χ0v) is 12.2. The van der Waals surface area contributed by atoms with Crippen LogP contribution in [0.4, 0.5) is 4.79 Å². The molecule has 108 valence electrons. The lowest BCUT2D eigenvalue weighted by Gasteiger charge is -2.26. The van der Waals surface area contributed by atoms with Crippen molar-refractivity contribution in [3.05, 3.63) is 10.4 Å². The van der Waals surface area contributed by atoms with Crippen molar-refractivity contribution in [3.8, 4) is 0 Å². The average molecular weight is 269 g/mol. The van der Waals surface area contributed by atoms with Gasteiger partial charge in [0, 0.05) is 31.6 Å². The number of rotatable bonds is 4. The molecule has 0 N–H and O–H groups in total. The van der Waals surface area contributed by atoms with Crippen LogP contribution in [0.2, 0.25) is 0 Å². The molecule has 19 heavy (non-hydrogen) atoms. The van der Waals surface area contributed by atoms with Crippen LogP contribution in [0, 0.1) is 0 Å². The predicted octanol–water partition coefficient (Wildman–Crippen LogP) is 2.24. The summed E-state index contributed by atoms with van der Waals surface area (Å²) in [6, 6.07) is 0.0665. The van der Waals surface area contributed by atoms with E-state index in [1.807, 2.05) is 20.8 Å². The van der Waals surface area contributed by atoms with Crippen molar-refractivity contribution in [2.24, 2.45) is 5.11 Å². The number of carbonyl (C=O) groups excluding carboxylic acids is 1. The van der Waals surface area contributed by atoms with Crippen molar-refractivity contribution in [1.29, 1.82) is 0 Å². The number of hydrogen-bond donors (Lipinski definition) is 0. The van der Waals surface area contributed by atoms with Crippen molar-refractivity contribution >= 4 is 6.09 Å². The highest BCUT2D eigenvalue weighted by Crippen LogP contribution is 2.13. The van der Waals surface area contributed by atoms with Gasteiger partial charge in [0.05, 0.1) is 6.04 Å². The molecule has 1 saturated heterocycles. The van der Waals surface area contributed by atoms with E-state index < -0.39 is 5.60 Å². The Morgan fingerprint density at radius 2 is 2.26 bits per heavy atom. The van der Waals surface area contributed by atoms with E-state index in [0.717, 1.165) is 26.1 Å². The SMILES string of the molecule is CN(CCN1CCC(N=[N+]=[N-])C1)C(=O)OC(C)(C)C. The van der Waals surface area contributed by atoms with Gasteiger partial charge in [0.25, 0.3) is 0 Å². The summed E-state index contributed by atoms with van der Waals surface area (Å²) >= 11 is 0. The Kier molecular flexibility index (Phi) is 5.44. The lowest BCUT2D eigenvalue weighted by atomic mass is 10.2. The molecular weight excluding hydrogens is 246 g/mol. The molecule has 1 rings (SSSR count). The molecule has 1 amide bonds. The normalized spacial score (nSPS) is 19.9. The molecule has 0 aromatic rings. The monoisotopic (exact) mass is 269 g/mol. The average Bonchev–Trinajstić information content (AvgIpc) is 2.72. The Bertz CT molecular complexity index is 360. The van der Waals surface area contributed by atoms with Crippen LogP contribution < -0.4 is 0 Å². The van der Waals surface area contributed by atoms with Gasteiger partial charge >= 0.3 is 6.09 Å². The second-order valence-electron chi connectivity index (χ2n) is 5.85. The summed E-state index contributed by atoms with van der Waals surface area (Å²) in [6.45, 7) is 8.61. The molecule has 0 radical (unpaired) electrons. The first-order chi connectivity index (χ1) is 8.81. The van der Waals surface area contributed by atoms with Crippen LogP contribution in [0.3, 0.4) is 0 Å². The van der Waals surface area contributed by atoms with E-state index in [1.165, 1.54) is 0 Å². The van der Waals surface area contributed by atoms with Crippen molar-refractivity contribution in [1.82, 2.24) is 9.80 Å². The van der Waals surface area contributed by atoms with Crippen LogP contribution in [0.1, 0.15) is 27.2 Å². The zero-order valence-electron chi connectivity index (χ0n) is 12.2. The highest BCUT2D eigenvalue weighted by atomic mass is 16.6. The smallest absolute Gasteiger partial charge is 0.410 e. The summed E-state index contributed by atoms with van der Waals surface area (Å²) in [5, 5.41) is 3.72. The Morgan fingerprint density at radius 3 is 2.84 bits per heavy atom. The summed E-state index contributed by atoms with van der Waals surface area (Å²) in [5.41, 5.74) is 7.92. The van der Waals surface area contributed by atoms with E-state index in [4.69, 9.17) is 10.3 Å². The molecule has 7 nitrogen and oxygen atoms in total. The predicted molar refractivity (Wildman–Crippen MR) is 72.9 cm³/mol. The summed E-state index contributed by atoms with van der Waals surface area (Å²) in [7, 11) is 1.73. The quantitative estimate of drug-likeness (QED) is 0.446. The molecular formula is C12H23N5O2. The van der Waals surface area contributed by atoms with E-state index in [1.54, 1.807) is 11.9 Å². The van der Waals surface area contributed by atoms with Crippen LogP contribution >= 0.6 is 0 Å². The molecule has 0 aromatic carbocycles. The largest absolute Gasteiger partial charge is 0.444 e. The molecule has 0 aromatic heterocycles. The summed E-state index contributed by atoms with van der Waals surface area (Å²) in [6.07, 6.45) is 0.582. The minimum Gasteiger partial charge on any atom is -0.444 e. The molecule has 0 spiro atoms. The lowest BCUT2D eigenvalue weighted by molar-refractivity contribution is 0.0287. The van der Waals surface area contributed by atoms with Gasteiger partial charge in [0.1, 0.15) is 5.60 Å². The second kappa shape index (κ2) is 6.63. The highest BCUT2D eigenvalue weighted by Gasteiger charge is 2.23. The van der Waals surface area contributed by atoms with Crippen molar-refractivity contribution < 1.29 is 9.53 Å². The fraction of sp³-hybridized carbons (Fsp3) is 0.917. The molecule has 0 aliphatic carbocycles. The van der Waals surface area contributed by atoms with Crippen LogP contribution in [-0.4, -0.2) is 60.8 Å². The first kappa shape index (κ1) is 15.6. The Labute approximate surface area is 114 Å². The summed E-state index contributed by atoms with van der Waals surface area (Å²) in [4.78, 5) is 18.3. The maximum Gasteiger partial charge on any atom is 0.410 e. The molecule has 1 fully saturated rings. The number of azide groups is 1. The molecule has 7 heteroatoms. The Hall–Kier alpha value is -1.46. The van der Waals surface area contributed by atoms with Gasteiger partial charge in [-0.3, -0.25) is 0 Å². The van der Waals surface area contributed by atoms with E-state index in [0.29, 0.717) is 6.54 Å². The van der Waals surface area contributed by atoms with Gasteiger partial charge in [0.2, 0.25) is 0 Å². The minimum atomic E-state index is -0.467. The number of carbonyl (C=O) groups is 1. The number of likely N-dealkylation sites (N-methyl/N-ethyl adjacent to an activating group) is 1. The van der Waals surface area contributed by atoms with Gasteiger partial charge in [0.15, 0.2) is 0 Å². The fourth-order valence-electron chi connectivity index (χ4n) is 1.91. The molecule has 1 aliphatic rings. The van der Waals surface area contributed by atoms with Gasteiger partial charge in [-0.1, -0.05) is 5.11 Å². The van der Waals surface area contributed by atoms with Crippen molar-refractivity contribution in [3.63, 3.8) is 0 Å². The van der Waals surface area contributed by atoms with E-state index in [-0.39, 0.29) is 12.1 Å². The van der Waals surface area contributed by atoms with Crippen LogP contribution in [0.25, 0.3) is 10.4 Å². The molecule has 1 heterocycles. The van der Waals surface area contributed by atoms with Crippen molar-refractivity contribution in [2.75, 3.05) is 33.2 Å². The Balaban J connectivity index is 2.29. The number of amides is 1. The summed E-state index contributed by atoms with van der Waals surface area (Å²) in [5.74, 6) is 0. The van der Waals surface area contributed by atoms with E-state index >= 15 is 0 Å². The molecule has 1 unspecified atom stereocenters. The standard InChI is InChI=1S/C12H23N5O2/c1-12(2,3)19-11(18)16(4)7-8-17-6-5-10(9-17)14-15-13/h10H,5-9H2,1-4H3. The van der Waals surface area contributed by atoms with Gasteiger partial charge in [-0.15, -0.1) is 0 Å². The van der Waals surface area contributed by atoms with Crippen molar-refractivity contribution in [2.45, 2.75) is 38.8 Å². The number of nitrogens with zero attached hydrogens (tertiary/aromatic N) is 5. The lowest BCUT2D eigenvalue weighted by Crippen LogP contribution is -2.38. The first-order valence-electron chi connectivity index (χ1n) is 6.52. The highest BCUT2D eigenvalue weighted by molar-refractivity contribution is 5.67. The molecule has 0 bridgehead atoms. The molecule has 1 atom stereocenters. The van der Waals surface area contributed by atoms with Gasteiger partial charge in [-0.2, -0.15) is 0 Å². The van der Waals surface area contributed by atoms with Gasteiger partial charge < -0.3 is 14.5 Å². The minimum absolute atomic E-state index is 0.0665. The summed E-state index contributed by atoms with van der Waals surface area (Å²) < 4.78 is 5.28. The van der Waals surface area contributed by atoms with Crippen LogP contribution in [0.5, 0.6) is 0 Å². The van der Waals surface area contributed by atoms with Crippen LogP contribution in [0.15, 0.2) is 5.11 Å². The fourth-order valence-corrected chi connectivity index (χ4v) is 1.91. The third-order valence-corrected chi connectivity index (χ3v) is 2.92. The van der Waals surface area contributed by atoms with E-state index in [9.17, 15) is 4.79 Å². The zero-order chi connectivity index (χ0) is 14.5. The van der Waals surface area contributed by atoms with Crippen LogP contribution in [-0.2, 0) is 4.74 Å². The van der Waals surface area contributed by atoms with Gasteiger partial charge in [-0.05, 0) is 39.3 Å². The number of likely N-dealkylation sites (tertiary alicyclic amines) is 1. The van der Waals surface area contributed by atoms with E-state index in [2.05, 4.69) is 14.9 Å². The molecule has 1 aliphatic heterocycles. The first-order valence-corrected chi connectivity index (χ1v) is 6.52. The molecule has 0 saturated carbocycles. The maximum atomic E-state index is 11.7. The maximum absolute atomic E-state index is 11.7. The second-order valence-corrected chi connectivity index (χ2v) is 5.85.